The number of ether oxygens (including phenoxy) is 1. The molecule has 0 aromatic heterocycles. The first-order valence-electron chi connectivity index (χ1n) is 14.5. The van der Waals surface area contributed by atoms with Crippen LogP contribution >= 0.6 is 0 Å². The zero-order valence-corrected chi connectivity index (χ0v) is 22.6. The molecule has 2 rings (SSSR count). The van der Waals surface area contributed by atoms with Crippen LogP contribution in [0.2, 0.25) is 0 Å². The number of unbranched alkanes of at least 4 members (excludes halogenated alkanes) is 14. The number of rotatable bonds is 19. The molecule has 1 atom stereocenters. The third-order valence-electron chi connectivity index (χ3n) is 6.59. The molecule has 0 bridgehead atoms. The summed E-state index contributed by atoms with van der Waals surface area (Å²) in [7, 11) is 0. The lowest BCUT2D eigenvalue weighted by molar-refractivity contribution is -0.00440. The molecular weight excluding hydrogens is 414 g/mol. The molecule has 0 spiro atoms. The average molecular weight is 470 g/mol. The van der Waals surface area contributed by atoms with E-state index in [1.165, 1.54) is 108 Å². The van der Waals surface area contributed by atoms with Crippen molar-refractivity contribution in [3.8, 4) is 0 Å². The third-order valence-corrected chi connectivity index (χ3v) is 6.59. The number of aryl methyl sites for hydroxylation is 1. The molecular formula is C32H55NO. The van der Waals surface area contributed by atoms with E-state index in [0.29, 0.717) is 0 Å². The number of benzene rings is 1. The summed E-state index contributed by atoms with van der Waals surface area (Å²) in [5, 5.41) is 0. The lowest BCUT2D eigenvalue weighted by atomic mass is 10.0. The van der Waals surface area contributed by atoms with Crippen molar-refractivity contribution in [3.63, 3.8) is 0 Å². The fourth-order valence-electron chi connectivity index (χ4n) is 4.33. The SMILES string of the molecule is CCCCCCCCCCCCCCOC1(N)C=CC=CC1.CCCCCCc1ccccc1. The average Bonchev–Trinajstić information content (AvgIpc) is 2.86. The summed E-state index contributed by atoms with van der Waals surface area (Å²) >= 11 is 0. The van der Waals surface area contributed by atoms with Crippen molar-refractivity contribution in [2.45, 2.75) is 135 Å². The standard InChI is InChI=1S/C20H37NO.C12H18/c1-2-3-4-5-6-7-8-9-10-11-12-16-19-22-20(21)17-14-13-15-18-20;1-2-3-4-6-9-12-10-7-5-8-11-12/h13-15,17H,2-12,16,18-19,21H2,1H3;5,7-8,10-11H,2-4,6,9H2,1H3. The van der Waals surface area contributed by atoms with Crippen molar-refractivity contribution in [1.29, 1.82) is 0 Å². The molecule has 1 aromatic carbocycles. The molecule has 0 saturated heterocycles. The normalized spacial score (nSPS) is 16.9. The van der Waals surface area contributed by atoms with Crippen molar-refractivity contribution >= 4 is 0 Å². The van der Waals surface area contributed by atoms with Gasteiger partial charge in [-0.25, -0.2) is 0 Å². The first kappa shape index (κ1) is 30.7. The number of hydrogen-bond donors (Lipinski definition) is 1. The fourth-order valence-corrected chi connectivity index (χ4v) is 4.33. The van der Waals surface area contributed by atoms with Crippen molar-refractivity contribution in [2.24, 2.45) is 5.73 Å². The van der Waals surface area contributed by atoms with Crippen LogP contribution in [0.4, 0.5) is 0 Å². The predicted octanol–water partition coefficient (Wildman–Crippen LogP) is 9.68. The monoisotopic (exact) mass is 469 g/mol. The minimum absolute atomic E-state index is 0.549. The van der Waals surface area contributed by atoms with Gasteiger partial charge in [-0.3, -0.25) is 5.73 Å². The molecule has 0 amide bonds. The summed E-state index contributed by atoms with van der Waals surface area (Å²) in [6, 6.07) is 10.7. The molecule has 0 radical (unpaired) electrons. The van der Waals surface area contributed by atoms with Crippen molar-refractivity contribution in [1.82, 2.24) is 0 Å². The van der Waals surface area contributed by atoms with Gasteiger partial charge in [0.2, 0.25) is 0 Å². The molecule has 34 heavy (non-hydrogen) atoms. The van der Waals surface area contributed by atoms with Gasteiger partial charge in [0, 0.05) is 13.0 Å². The van der Waals surface area contributed by atoms with E-state index in [2.05, 4.69) is 50.3 Å². The lowest BCUT2D eigenvalue weighted by Crippen LogP contribution is -2.41. The third kappa shape index (κ3) is 18.0. The van der Waals surface area contributed by atoms with Gasteiger partial charge in [0.15, 0.2) is 0 Å². The Morgan fingerprint density at radius 2 is 1.21 bits per heavy atom. The first-order valence-corrected chi connectivity index (χ1v) is 14.5. The Morgan fingerprint density at radius 1 is 0.676 bits per heavy atom. The Morgan fingerprint density at radius 3 is 1.74 bits per heavy atom. The van der Waals surface area contributed by atoms with Crippen LogP contribution in [0, 0.1) is 0 Å². The zero-order valence-electron chi connectivity index (χ0n) is 22.6. The van der Waals surface area contributed by atoms with E-state index in [1.54, 1.807) is 0 Å². The maximum atomic E-state index is 6.14. The van der Waals surface area contributed by atoms with E-state index in [9.17, 15) is 0 Å². The summed E-state index contributed by atoms with van der Waals surface area (Å²) in [5.74, 6) is 0. The Kier molecular flexibility index (Phi) is 19.9. The van der Waals surface area contributed by atoms with E-state index in [0.717, 1.165) is 19.4 Å². The van der Waals surface area contributed by atoms with Crippen molar-refractivity contribution < 1.29 is 4.74 Å². The number of nitrogens with two attached hydrogens (primary N) is 1. The van der Waals surface area contributed by atoms with E-state index in [1.807, 2.05) is 18.2 Å². The van der Waals surface area contributed by atoms with Gasteiger partial charge in [0.1, 0.15) is 5.72 Å². The molecule has 1 aliphatic carbocycles. The van der Waals surface area contributed by atoms with Crippen molar-refractivity contribution in [3.05, 3.63) is 60.2 Å². The van der Waals surface area contributed by atoms with E-state index in [-0.39, 0.29) is 0 Å². The smallest absolute Gasteiger partial charge is 0.139 e. The Labute approximate surface area is 212 Å². The Bertz CT molecular complexity index is 609. The summed E-state index contributed by atoms with van der Waals surface area (Å²) < 4.78 is 5.80. The van der Waals surface area contributed by atoms with Crippen LogP contribution < -0.4 is 5.73 Å². The summed E-state index contributed by atoms with van der Waals surface area (Å²) in [4.78, 5) is 0. The topological polar surface area (TPSA) is 35.2 Å². The van der Waals surface area contributed by atoms with E-state index < -0.39 is 5.72 Å². The molecule has 2 nitrogen and oxygen atoms in total. The molecule has 0 saturated carbocycles. The predicted molar refractivity (Wildman–Crippen MR) is 151 cm³/mol. The highest BCUT2D eigenvalue weighted by molar-refractivity contribution is 5.16. The van der Waals surface area contributed by atoms with Crippen molar-refractivity contribution in [2.75, 3.05) is 6.61 Å². The second-order valence-corrected chi connectivity index (χ2v) is 9.98. The summed E-state index contributed by atoms with van der Waals surface area (Å²) in [6.07, 6.45) is 32.0. The number of hydrogen-bond acceptors (Lipinski definition) is 2. The highest BCUT2D eigenvalue weighted by atomic mass is 16.5. The molecule has 0 heterocycles. The molecule has 2 N–H and O–H groups in total. The van der Waals surface area contributed by atoms with Crippen LogP contribution in [0.3, 0.4) is 0 Å². The summed E-state index contributed by atoms with van der Waals surface area (Å²) in [6.45, 7) is 5.32. The minimum atomic E-state index is -0.549. The maximum absolute atomic E-state index is 6.14. The van der Waals surface area contributed by atoms with Gasteiger partial charge in [-0.05, 0) is 30.9 Å². The summed E-state index contributed by atoms with van der Waals surface area (Å²) in [5.41, 5.74) is 7.07. The van der Waals surface area contributed by atoms with Crippen LogP contribution in [0.15, 0.2) is 54.6 Å². The molecule has 2 heteroatoms. The van der Waals surface area contributed by atoms with Crippen LogP contribution in [0.5, 0.6) is 0 Å². The van der Waals surface area contributed by atoms with Gasteiger partial charge >= 0.3 is 0 Å². The molecule has 0 fully saturated rings. The van der Waals surface area contributed by atoms with Crippen LogP contribution in [0.1, 0.15) is 129 Å². The second kappa shape index (κ2) is 22.1. The van der Waals surface area contributed by atoms with Crippen LogP contribution in [0.25, 0.3) is 0 Å². The molecule has 1 aromatic rings. The maximum Gasteiger partial charge on any atom is 0.139 e. The Hall–Kier alpha value is -1.38. The highest BCUT2D eigenvalue weighted by Gasteiger charge is 2.21. The van der Waals surface area contributed by atoms with E-state index >= 15 is 0 Å². The van der Waals surface area contributed by atoms with Crippen LogP contribution in [-0.2, 0) is 11.2 Å². The molecule has 1 unspecified atom stereocenters. The van der Waals surface area contributed by atoms with Gasteiger partial charge in [0.25, 0.3) is 0 Å². The lowest BCUT2D eigenvalue weighted by Gasteiger charge is -2.26. The first-order chi connectivity index (χ1) is 16.7. The number of allylic oxidation sites excluding steroid dienone is 2. The molecule has 1 aliphatic rings. The Balaban J connectivity index is 0.000000404. The van der Waals surface area contributed by atoms with Gasteiger partial charge < -0.3 is 4.74 Å². The minimum Gasteiger partial charge on any atom is -0.357 e. The molecule has 194 valence electrons. The zero-order chi connectivity index (χ0) is 24.6. The highest BCUT2D eigenvalue weighted by Crippen LogP contribution is 2.17. The fraction of sp³-hybridized carbons (Fsp3) is 0.688. The van der Waals surface area contributed by atoms with Gasteiger partial charge in [-0.15, -0.1) is 0 Å². The van der Waals surface area contributed by atoms with E-state index in [4.69, 9.17) is 10.5 Å². The quantitative estimate of drug-likeness (QED) is 0.162. The second-order valence-electron chi connectivity index (χ2n) is 9.98. The van der Waals surface area contributed by atoms with Gasteiger partial charge in [-0.1, -0.05) is 152 Å². The van der Waals surface area contributed by atoms with Gasteiger partial charge in [0.05, 0.1) is 0 Å². The molecule has 0 aliphatic heterocycles. The van der Waals surface area contributed by atoms with Crippen LogP contribution in [-0.4, -0.2) is 12.3 Å². The largest absolute Gasteiger partial charge is 0.357 e. The van der Waals surface area contributed by atoms with Gasteiger partial charge in [-0.2, -0.15) is 0 Å².